The zero-order valence-corrected chi connectivity index (χ0v) is 18.3. The number of aliphatic hydroxyl groups is 3. The monoisotopic (exact) mass is 376 g/mol. The third-order valence-electron chi connectivity index (χ3n) is 5.11. The van der Waals surface area contributed by atoms with Crippen molar-refractivity contribution in [3.63, 3.8) is 0 Å². The highest BCUT2D eigenvalue weighted by Gasteiger charge is 2.32. The molecule has 3 unspecified atom stereocenters. The molecule has 0 aromatic heterocycles. The number of unbranched alkanes of at least 4 members (excludes halogenated alkanes) is 4. The van der Waals surface area contributed by atoms with Crippen LogP contribution in [0.4, 0.5) is 0 Å². The highest BCUT2D eigenvalue weighted by Crippen LogP contribution is 2.23. The highest BCUT2D eigenvalue weighted by atomic mass is 16.5. The van der Waals surface area contributed by atoms with Crippen LogP contribution in [-0.4, -0.2) is 46.8 Å². The van der Waals surface area contributed by atoms with Crippen molar-refractivity contribution in [1.82, 2.24) is 0 Å². The van der Waals surface area contributed by atoms with Crippen molar-refractivity contribution in [2.75, 3.05) is 19.8 Å². The van der Waals surface area contributed by atoms with E-state index < -0.39 is 11.7 Å². The third-order valence-corrected chi connectivity index (χ3v) is 5.11. The lowest BCUT2D eigenvalue weighted by Gasteiger charge is -2.31. The molecule has 0 amide bonds. The third kappa shape index (κ3) is 15.0. The van der Waals surface area contributed by atoms with Gasteiger partial charge in [0, 0.05) is 13.2 Å². The van der Waals surface area contributed by atoms with Crippen molar-refractivity contribution < 1.29 is 20.1 Å². The molecule has 4 nitrogen and oxygen atoms in total. The molecule has 0 saturated heterocycles. The molecule has 0 aromatic rings. The van der Waals surface area contributed by atoms with Gasteiger partial charge in [-0.2, -0.15) is 0 Å². The van der Waals surface area contributed by atoms with Crippen LogP contribution in [0, 0.1) is 5.92 Å². The Morgan fingerprint density at radius 2 is 1.54 bits per heavy atom. The molecule has 0 heterocycles. The molecule has 3 atom stereocenters. The average molecular weight is 377 g/mol. The van der Waals surface area contributed by atoms with E-state index >= 15 is 0 Å². The standard InChI is InChI=1S/C11H24O3.C11H24O/c1-3-5-6-7-8-11(14,4-2)10(13)9-12;1-4-7-8-11(6-3)10-12-9-5-2/h10,12-14H,3-9H2,1-2H3;11H,4-10H2,1-3H3. The van der Waals surface area contributed by atoms with Gasteiger partial charge in [-0.25, -0.2) is 0 Å². The van der Waals surface area contributed by atoms with E-state index in [-0.39, 0.29) is 6.61 Å². The van der Waals surface area contributed by atoms with E-state index in [0.717, 1.165) is 51.2 Å². The minimum absolute atomic E-state index is 0.363. The maximum absolute atomic E-state index is 9.98. The SMILES string of the molecule is CCCCC(CC)COCCC.CCCCCCC(O)(CC)C(O)CO. The summed E-state index contributed by atoms with van der Waals surface area (Å²) in [5.41, 5.74) is -1.09. The zero-order chi connectivity index (χ0) is 20.3. The molecule has 0 aliphatic rings. The largest absolute Gasteiger partial charge is 0.394 e. The molecule has 4 heteroatoms. The minimum Gasteiger partial charge on any atom is -0.394 e. The van der Waals surface area contributed by atoms with E-state index in [2.05, 4.69) is 27.7 Å². The smallest absolute Gasteiger partial charge is 0.106 e. The van der Waals surface area contributed by atoms with Crippen LogP contribution in [-0.2, 0) is 4.74 Å². The first kappa shape index (κ1) is 28.1. The molecule has 0 saturated carbocycles. The maximum atomic E-state index is 9.98. The fraction of sp³-hybridized carbons (Fsp3) is 1.00. The molecule has 0 aromatic carbocycles. The van der Waals surface area contributed by atoms with Gasteiger partial charge in [0.05, 0.1) is 12.2 Å². The fourth-order valence-corrected chi connectivity index (χ4v) is 2.90. The quantitative estimate of drug-likeness (QED) is 0.329. The van der Waals surface area contributed by atoms with Gasteiger partial charge in [0.25, 0.3) is 0 Å². The predicted octanol–water partition coefficient (Wildman–Crippen LogP) is 5.08. The molecular formula is C22H48O4. The Hall–Kier alpha value is -0.160. The summed E-state index contributed by atoms with van der Waals surface area (Å²) in [6.07, 6.45) is 10.8. The van der Waals surface area contributed by atoms with Gasteiger partial charge in [0.15, 0.2) is 0 Å². The van der Waals surface area contributed by atoms with E-state index in [1.54, 1.807) is 0 Å². The van der Waals surface area contributed by atoms with E-state index in [1.165, 1.54) is 25.7 Å². The summed E-state index contributed by atoms with van der Waals surface area (Å²) >= 11 is 0. The summed E-state index contributed by atoms with van der Waals surface area (Å²) in [5, 5.41) is 28.2. The van der Waals surface area contributed by atoms with Crippen molar-refractivity contribution in [1.29, 1.82) is 0 Å². The summed E-state index contributed by atoms with van der Waals surface area (Å²) in [7, 11) is 0. The lowest BCUT2D eigenvalue weighted by atomic mass is 9.88. The molecule has 0 radical (unpaired) electrons. The van der Waals surface area contributed by atoms with Gasteiger partial charge in [-0.3, -0.25) is 0 Å². The predicted molar refractivity (Wildman–Crippen MR) is 112 cm³/mol. The van der Waals surface area contributed by atoms with Gasteiger partial charge < -0.3 is 20.1 Å². The minimum atomic E-state index is -1.09. The van der Waals surface area contributed by atoms with Gasteiger partial charge in [0.1, 0.15) is 6.10 Å². The highest BCUT2D eigenvalue weighted by molar-refractivity contribution is 4.84. The van der Waals surface area contributed by atoms with Crippen molar-refractivity contribution in [2.45, 2.75) is 117 Å². The molecule has 0 rings (SSSR count). The Balaban J connectivity index is 0. The van der Waals surface area contributed by atoms with Crippen LogP contribution in [0.2, 0.25) is 0 Å². The molecular weight excluding hydrogens is 328 g/mol. The summed E-state index contributed by atoms with van der Waals surface area (Å²) in [6, 6.07) is 0. The average Bonchev–Trinajstić information content (AvgIpc) is 2.67. The second kappa shape index (κ2) is 19.6. The molecule has 0 fully saturated rings. The second-order valence-corrected chi connectivity index (χ2v) is 7.46. The molecule has 26 heavy (non-hydrogen) atoms. The number of aliphatic hydroxyl groups excluding tert-OH is 2. The number of hydrogen-bond donors (Lipinski definition) is 3. The number of hydrogen-bond acceptors (Lipinski definition) is 4. The summed E-state index contributed by atoms with van der Waals surface area (Å²) in [6.45, 7) is 12.2. The lowest BCUT2D eigenvalue weighted by molar-refractivity contribution is -0.102. The van der Waals surface area contributed by atoms with Gasteiger partial charge in [0.2, 0.25) is 0 Å². The van der Waals surface area contributed by atoms with Crippen LogP contribution in [0.3, 0.4) is 0 Å². The van der Waals surface area contributed by atoms with E-state index in [9.17, 15) is 10.2 Å². The zero-order valence-electron chi connectivity index (χ0n) is 18.3. The van der Waals surface area contributed by atoms with E-state index in [1.807, 2.05) is 6.92 Å². The number of ether oxygens (including phenoxy) is 1. The van der Waals surface area contributed by atoms with Crippen LogP contribution in [0.15, 0.2) is 0 Å². The molecule has 0 spiro atoms. The number of rotatable bonds is 16. The normalized spacial score (nSPS) is 15.7. The van der Waals surface area contributed by atoms with Crippen molar-refractivity contribution in [3.8, 4) is 0 Å². The van der Waals surface area contributed by atoms with E-state index in [4.69, 9.17) is 9.84 Å². The summed E-state index contributed by atoms with van der Waals surface area (Å²) < 4.78 is 5.53. The first-order chi connectivity index (χ1) is 12.4. The second-order valence-electron chi connectivity index (χ2n) is 7.46. The van der Waals surface area contributed by atoms with E-state index in [0.29, 0.717) is 12.8 Å². The molecule has 0 aliphatic heterocycles. The van der Waals surface area contributed by atoms with Gasteiger partial charge >= 0.3 is 0 Å². The molecule has 3 N–H and O–H groups in total. The van der Waals surface area contributed by atoms with Gasteiger partial charge in [-0.05, 0) is 31.6 Å². The Bertz CT molecular complexity index is 273. The molecule has 0 aliphatic carbocycles. The Labute approximate surface area is 163 Å². The Morgan fingerprint density at radius 3 is 2.00 bits per heavy atom. The Kier molecular flexibility index (Phi) is 21.1. The maximum Gasteiger partial charge on any atom is 0.106 e. The Morgan fingerprint density at radius 1 is 0.885 bits per heavy atom. The van der Waals surface area contributed by atoms with Crippen molar-refractivity contribution in [2.24, 2.45) is 5.92 Å². The van der Waals surface area contributed by atoms with Gasteiger partial charge in [-0.1, -0.05) is 79.6 Å². The first-order valence-corrected chi connectivity index (χ1v) is 11.0. The fourth-order valence-electron chi connectivity index (χ4n) is 2.90. The van der Waals surface area contributed by atoms with Crippen LogP contribution >= 0.6 is 0 Å². The first-order valence-electron chi connectivity index (χ1n) is 11.0. The summed E-state index contributed by atoms with van der Waals surface area (Å²) in [5.74, 6) is 0.802. The molecule has 0 bridgehead atoms. The van der Waals surface area contributed by atoms with Gasteiger partial charge in [-0.15, -0.1) is 0 Å². The van der Waals surface area contributed by atoms with Crippen LogP contribution in [0.25, 0.3) is 0 Å². The van der Waals surface area contributed by atoms with Crippen molar-refractivity contribution >= 4 is 0 Å². The summed E-state index contributed by atoms with van der Waals surface area (Å²) in [4.78, 5) is 0. The lowest BCUT2D eigenvalue weighted by Crippen LogP contribution is -2.43. The van der Waals surface area contributed by atoms with Crippen LogP contribution < -0.4 is 0 Å². The molecule has 160 valence electrons. The van der Waals surface area contributed by atoms with Crippen molar-refractivity contribution in [3.05, 3.63) is 0 Å². The topological polar surface area (TPSA) is 69.9 Å². The van der Waals surface area contributed by atoms with Crippen LogP contribution in [0.5, 0.6) is 0 Å². The van der Waals surface area contributed by atoms with Crippen LogP contribution in [0.1, 0.15) is 105 Å².